The van der Waals surface area contributed by atoms with Gasteiger partial charge in [-0.05, 0) is 30.8 Å². The Labute approximate surface area is 125 Å². The smallest absolute Gasteiger partial charge is 0.240 e. The highest BCUT2D eigenvalue weighted by molar-refractivity contribution is 7.89. The van der Waals surface area contributed by atoms with Crippen molar-refractivity contribution in [3.8, 4) is 0 Å². The zero-order valence-electron chi connectivity index (χ0n) is 12.2. The number of nitrogens with one attached hydrogen (secondary N) is 2. The van der Waals surface area contributed by atoms with Crippen molar-refractivity contribution < 1.29 is 8.42 Å². The maximum atomic E-state index is 12.2. The van der Waals surface area contributed by atoms with Crippen LogP contribution in [0.25, 0.3) is 0 Å². The van der Waals surface area contributed by atoms with Crippen molar-refractivity contribution in [1.29, 1.82) is 0 Å². The molecule has 7 heteroatoms. The predicted molar refractivity (Wildman–Crippen MR) is 81.3 cm³/mol. The van der Waals surface area contributed by atoms with E-state index in [0.29, 0.717) is 19.5 Å². The van der Waals surface area contributed by atoms with Crippen LogP contribution in [0, 0.1) is 0 Å². The average Bonchev–Trinajstić information content (AvgIpc) is 2.85. The standard InChI is InChI=1S/C14H20N4O2S/c1-15-11-12-3-5-14(6-4-12)21(19,20)17-10-8-13-7-9-16-18(13)2/h3-7,9,15,17H,8,10-11H2,1-2H3. The average molecular weight is 308 g/mol. The maximum Gasteiger partial charge on any atom is 0.240 e. The van der Waals surface area contributed by atoms with Crippen molar-refractivity contribution in [3.05, 3.63) is 47.8 Å². The lowest BCUT2D eigenvalue weighted by atomic mass is 10.2. The molecule has 0 radical (unpaired) electrons. The van der Waals surface area contributed by atoms with Gasteiger partial charge < -0.3 is 5.32 Å². The van der Waals surface area contributed by atoms with E-state index in [2.05, 4.69) is 15.1 Å². The molecule has 21 heavy (non-hydrogen) atoms. The minimum Gasteiger partial charge on any atom is -0.316 e. The third-order valence-corrected chi connectivity index (χ3v) is 4.69. The summed E-state index contributed by atoms with van der Waals surface area (Å²) in [6.07, 6.45) is 2.30. The molecule has 114 valence electrons. The normalized spacial score (nSPS) is 11.7. The monoisotopic (exact) mass is 308 g/mol. The zero-order valence-corrected chi connectivity index (χ0v) is 13.0. The van der Waals surface area contributed by atoms with E-state index in [0.717, 1.165) is 11.3 Å². The minimum absolute atomic E-state index is 0.285. The summed E-state index contributed by atoms with van der Waals surface area (Å²) in [5, 5.41) is 7.07. The Morgan fingerprint density at radius 3 is 2.48 bits per heavy atom. The molecule has 1 heterocycles. The van der Waals surface area contributed by atoms with Crippen LogP contribution in [0.4, 0.5) is 0 Å². The highest BCUT2D eigenvalue weighted by Gasteiger charge is 2.13. The second-order valence-electron chi connectivity index (χ2n) is 4.77. The minimum atomic E-state index is -3.46. The van der Waals surface area contributed by atoms with E-state index in [1.54, 1.807) is 23.0 Å². The van der Waals surface area contributed by atoms with E-state index >= 15 is 0 Å². The molecule has 0 spiro atoms. The van der Waals surface area contributed by atoms with Gasteiger partial charge in [0.25, 0.3) is 0 Å². The van der Waals surface area contributed by atoms with Crippen molar-refractivity contribution in [3.63, 3.8) is 0 Å². The molecular formula is C14H20N4O2S. The molecule has 0 aliphatic heterocycles. The molecule has 0 aliphatic rings. The third-order valence-electron chi connectivity index (χ3n) is 3.21. The van der Waals surface area contributed by atoms with Gasteiger partial charge in [0.15, 0.2) is 0 Å². The predicted octanol–water partition coefficient (Wildman–Crippen LogP) is 0.660. The molecule has 2 N–H and O–H groups in total. The first kappa shape index (κ1) is 15.7. The molecule has 0 amide bonds. The fourth-order valence-corrected chi connectivity index (χ4v) is 3.07. The van der Waals surface area contributed by atoms with E-state index < -0.39 is 10.0 Å². The second kappa shape index (κ2) is 6.84. The lowest BCUT2D eigenvalue weighted by Gasteiger charge is -2.08. The molecule has 0 unspecified atom stereocenters. The van der Waals surface area contributed by atoms with Gasteiger partial charge in [0.2, 0.25) is 10.0 Å². The van der Waals surface area contributed by atoms with Crippen molar-refractivity contribution in [2.75, 3.05) is 13.6 Å². The highest BCUT2D eigenvalue weighted by Crippen LogP contribution is 2.10. The number of sulfonamides is 1. The SMILES string of the molecule is CNCc1ccc(S(=O)(=O)NCCc2ccnn2C)cc1. The van der Waals surface area contributed by atoms with Crippen molar-refractivity contribution in [2.45, 2.75) is 17.9 Å². The van der Waals surface area contributed by atoms with Gasteiger partial charge in [0, 0.05) is 38.4 Å². The van der Waals surface area contributed by atoms with Gasteiger partial charge in [-0.1, -0.05) is 12.1 Å². The summed E-state index contributed by atoms with van der Waals surface area (Å²) in [6.45, 7) is 1.06. The number of rotatable bonds is 7. The molecule has 2 aromatic rings. The molecular weight excluding hydrogens is 288 g/mol. The summed E-state index contributed by atoms with van der Waals surface area (Å²) in [5.74, 6) is 0. The number of nitrogens with zero attached hydrogens (tertiary/aromatic N) is 2. The first-order chi connectivity index (χ1) is 10.0. The van der Waals surface area contributed by atoms with Crippen LogP contribution in [0.2, 0.25) is 0 Å². The zero-order chi connectivity index (χ0) is 15.3. The quantitative estimate of drug-likeness (QED) is 0.788. The Balaban J connectivity index is 1.96. The Hall–Kier alpha value is -1.70. The fraction of sp³-hybridized carbons (Fsp3) is 0.357. The Morgan fingerprint density at radius 1 is 1.19 bits per heavy atom. The summed E-state index contributed by atoms with van der Waals surface area (Å²) in [6, 6.07) is 8.75. The van der Waals surface area contributed by atoms with Crippen LogP contribution in [0.5, 0.6) is 0 Å². The van der Waals surface area contributed by atoms with Crippen LogP contribution in [-0.2, 0) is 30.0 Å². The van der Waals surface area contributed by atoms with Crippen LogP contribution in [-0.4, -0.2) is 31.8 Å². The molecule has 0 atom stereocenters. The van der Waals surface area contributed by atoms with Gasteiger partial charge in [-0.3, -0.25) is 4.68 Å². The van der Waals surface area contributed by atoms with Crippen molar-refractivity contribution >= 4 is 10.0 Å². The highest BCUT2D eigenvalue weighted by atomic mass is 32.2. The lowest BCUT2D eigenvalue weighted by molar-refractivity contribution is 0.579. The summed E-state index contributed by atoms with van der Waals surface area (Å²) in [7, 11) is 0.231. The first-order valence-corrected chi connectivity index (χ1v) is 8.21. The van der Waals surface area contributed by atoms with Gasteiger partial charge >= 0.3 is 0 Å². The van der Waals surface area contributed by atoms with Crippen LogP contribution in [0.1, 0.15) is 11.3 Å². The molecule has 0 bridgehead atoms. The van der Waals surface area contributed by atoms with Crippen LogP contribution < -0.4 is 10.0 Å². The largest absolute Gasteiger partial charge is 0.316 e. The number of aromatic nitrogens is 2. The number of hydrogen-bond acceptors (Lipinski definition) is 4. The number of aryl methyl sites for hydroxylation is 1. The second-order valence-corrected chi connectivity index (χ2v) is 6.54. The van der Waals surface area contributed by atoms with Gasteiger partial charge in [-0.25, -0.2) is 13.1 Å². The summed E-state index contributed by atoms with van der Waals surface area (Å²) >= 11 is 0. The van der Waals surface area contributed by atoms with Crippen LogP contribution in [0.15, 0.2) is 41.4 Å². The summed E-state index contributed by atoms with van der Waals surface area (Å²) in [4.78, 5) is 0.285. The van der Waals surface area contributed by atoms with Crippen LogP contribution in [0.3, 0.4) is 0 Å². The summed E-state index contributed by atoms with van der Waals surface area (Å²) < 4.78 is 28.7. The molecule has 1 aromatic heterocycles. The lowest BCUT2D eigenvalue weighted by Crippen LogP contribution is -2.26. The van der Waals surface area contributed by atoms with Crippen molar-refractivity contribution in [1.82, 2.24) is 19.8 Å². The number of hydrogen-bond donors (Lipinski definition) is 2. The van der Waals surface area contributed by atoms with E-state index in [9.17, 15) is 8.42 Å². The van der Waals surface area contributed by atoms with E-state index in [-0.39, 0.29) is 4.90 Å². The van der Waals surface area contributed by atoms with Gasteiger partial charge in [0.1, 0.15) is 0 Å². The van der Waals surface area contributed by atoms with Gasteiger partial charge in [-0.15, -0.1) is 0 Å². The van der Waals surface area contributed by atoms with E-state index in [4.69, 9.17) is 0 Å². The molecule has 1 aromatic carbocycles. The fourth-order valence-electron chi connectivity index (χ4n) is 2.03. The van der Waals surface area contributed by atoms with Gasteiger partial charge in [0.05, 0.1) is 4.90 Å². The third kappa shape index (κ3) is 4.13. The van der Waals surface area contributed by atoms with E-state index in [1.807, 2.05) is 32.3 Å². The van der Waals surface area contributed by atoms with Crippen molar-refractivity contribution in [2.24, 2.45) is 7.05 Å². The Kier molecular flexibility index (Phi) is 5.11. The molecule has 6 nitrogen and oxygen atoms in total. The molecule has 0 saturated heterocycles. The maximum absolute atomic E-state index is 12.2. The first-order valence-electron chi connectivity index (χ1n) is 6.73. The molecule has 0 saturated carbocycles. The molecule has 0 aliphatic carbocycles. The molecule has 0 fully saturated rings. The Bertz CT molecular complexity index is 677. The Morgan fingerprint density at radius 2 is 1.90 bits per heavy atom. The van der Waals surface area contributed by atoms with Gasteiger partial charge in [-0.2, -0.15) is 5.10 Å². The number of benzene rings is 1. The van der Waals surface area contributed by atoms with Crippen LogP contribution >= 0.6 is 0 Å². The molecule has 2 rings (SSSR count). The summed E-state index contributed by atoms with van der Waals surface area (Å²) in [5.41, 5.74) is 2.04. The van der Waals surface area contributed by atoms with E-state index in [1.165, 1.54) is 0 Å². The topological polar surface area (TPSA) is 76.0 Å².